The maximum absolute atomic E-state index is 11.9. The summed E-state index contributed by atoms with van der Waals surface area (Å²) in [7, 11) is 0. The van der Waals surface area contributed by atoms with Gasteiger partial charge in [0.1, 0.15) is 11.6 Å². The van der Waals surface area contributed by atoms with Crippen LogP contribution < -0.4 is 5.32 Å². The molecule has 1 aromatic carbocycles. The fourth-order valence-corrected chi connectivity index (χ4v) is 1.52. The van der Waals surface area contributed by atoms with Crippen molar-refractivity contribution in [1.29, 1.82) is 0 Å². The van der Waals surface area contributed by atoms with E-state index in [1.807, 2.05) is 6.92 Å². The lowest BCUT2D eigenvalue weighted by atomic mass is 10.2. The van der Waals surface area contributed by atoms with E-state index in [1.165, 1.54) is 6.07 Å². The predicted octanol–water partition coefficient (Wildman–Crippen LogP) is 1.63. The average molecular weight is 246 g/mol. The van der Waals surface area contributed by atoms with E-state index in [-0.39, 0.29) is 17.5 Å². The molecule has 6 heteroatoms. The van der Waals surface area contributed by atoms with Crippen LogP contribution in [0.25, 0.3) is 0 Å². The molecule has 0 saturated heterocycles. The van der Waals surface area contributed by atoms with Gasteiger partial charge in [0, 0.05) is 12.1 Å². The fraction of sp³-hybridized carbons (Fsp3) is 0.250. The number of rotatable bonds is 3. The Labute approximate surface area is 104 Å². The van der Waals surface area contributed by atoms with E-state index in [9.17, 15) is 9.90 Å². The smallest absolute Gasteiger partial charge is 0.295 e. The number of anilines is 1. The summed E-state index contributed by atoms with van der Waals surface area (Å²) < 4.78 is 0. The molecule has 1 amide bonds. The third kappa shape index (κ3) is 2.48. The van der Waals surface area contributed by atoms with Gasteiger partial charge in [0.2, 0.25) is 5.82 Å². The fourth-order valence-electron chi connectivity index (χ4n) is 1.52. The molecular formula is C12H14N4O2. The lowest BCUT2D eigenvalue weighted by molar-refractivity contribution is 0.101. The van der Waals surface area contributed by atoms with Crippen LogP contribution in [0.5, 0.6) is 5.75 Å². The van der Waals surface area contributed by atoms with Crippen molar-refractivity contribution < 1.29 is 9.90 Å². The zero-order valence-electron chi connectivity index (χ0n) is 10.2. The number of phenols is 1. The van der Waals surface area contributed by atoms with Gasteiger partial charge in [-0.15, -0.1) is 5.10 Å². The van der Waals surface area contributed by atoms with Gasteiger partial charge in [0.25, 0.3) is 5.91 Å². The lowest BCUT2D eigenvalue weighted by Gasteiger charge is -2.06. The van der Waals surface area contributed by atoms with Gasteiger partial charge in [-0.05, 0) is 30.7 Å². The first kappa shape index (κ1) is 12.1. The van der Waals surface area contributed by atoms with E-state index in [4.69, 9.17) is 0 Å². The van der Waals surface area contributed by atoms with E-state index in [2.05, 4.69) is 20.5 Å². The van der Waals surface area contributed by atoms with Crippen molar-refractivity contribution in [3.05, 3.63) is 35.4 Å². The highest BCUT2D eigenvalue weighted by Crippen LogP contribution is 2.20. The number of H-pyrrole nitrogens is 1. The van der Waals surface area contributed by atoms with Gasteiger partial charge in [0.15, 0.2) is 0 Å². The topological polar surface area (TPSA) is 90.9 Å². The highest BCUT2D eigenvalue weighted by molar-refractivity contribution is 6.01. The Morgan fingerprint density at radius 3 is 2.89 bits per heavy atom. The molecule has 0 aliphatic carbocycles. The van der Waals surface area contributed by atoms with Crippen LogP contribution in [0.1, 0.15) is 28.9 Å². The van der Waals surface area contributed by atoms with Crippen LogP contribution >= 0.6 is 0 Å². The van der Waals surface area contributed by atoms with Crippen molar-refractivity contribution in [2.45, 2.75) is 20.3 Å². The Bertz CT molecular complexity index is 577. The van der Waals surface area contributed by atoms with Crippen LogP contribution in [-0.2, 0) is 6.42 Å². The predicted molar refractivity (Wildman–Crippen MR) is 66.6 cm³/mol. The molecule has 0 aliphatic heterocycles. The van der Waals surface area contributed by atoms with Gasteiger partial charge in [-0.1, -0.05) is 6.92 Å². The number of phenolic OH excluding ortho intramolecular Hbond substituents is 1. The van der Waals surface area contributed by atoms with Gasteiger partial charge in [-0.25, -0.2) is 4.98 Å². The van der Waals surface area contributed by atoms with Gasteiger partial charge in [0.05, 0.1) is 0 Å². The van der Waals surface area contributed by atoms with Crippen LogP contribution in [-0.4, -0.2) is 26.2 Å². The Morgan fingerprint density at radius 2 is 2.28 bits per heavy atom. The van der Waals surface area contributed by atoms with Crippen LogP contribution in [0.15, 0.2) is 18.2 Å². The Hall–Kier alpha value is -2.37. The van der Waals surface area contributed by atoms with Crippen molar-refractivity contribution >= 4 is 11.6 Å². The zero-order chi connectivity index (χ0) is 13.1. The summed E-state index contributed by atoms with van der Waals surface area (Å²) in [6.45, 7) is 3.72. The second-order valence-corrected chi connectivity index (χ2v) is 3.91. The minimum Gasteiger partial charge on any atom is -0.508 e. The summed E-state index contributed by atoms with van der Waals surface area (Å²) >= 11 is 0. The van der Waals surface area contributed by atoms with Crippen molar-refractivity contribution in [1.82, 2.24) is 15.2 Å². The van der Waals surface area contributed by atoms with E-state index in [1.54, 1.807) is 19.1 Å². The molecule has 3 N–H and O–H groups in total. The van der Waals surface area contributed by atoms with Crippen LogP contribution in [0.2, 0.25) is 0 Å². The van der Waals surface area contributed by atoms with Gasteiger partial charge in [-0.3, -0.25) is 9.89 Å². The highest BCUT2D eigenvalue weighted by Gasteiger charge is 2.13. The SMILES string of the molecule is CCc1nc(C(=O)Nc2ccc(O)cc2C)n[nH]1. The maximum Gasteiger partial charge on any atom is 0.295 e. The summed E-state index contributed by atoms with van der Waals surface area (Å²) in [4.78, 5) is 15.9. The van der Waals surface area contributed by atoms with Gasteiger partial charge in [-0.2, -0.15) is 0 Å². The summed E-state index contributed by atoms with van der Waals surface area (Å²) in [5.41, 5.74) is 1.40. The first-order valence-electron chi connectivity index (χ1n) is 5.62. The van der Waals surface area contributed by atoms with Crippen molar-refractivity contribution in [2.75, 3.05) is 5.32 Å². The van der Waals surface area contributed by atoms with E-state index >= 15 is 0 Å². The van der Waals surface area contributed by atoms with Crippen molar-refractivity contribution in [3.8, 4) is 5.75 Å². The highest BCUT2D eigenvalue weighted by atomic mass is 16.3. The molecule has 2 rings (SSSR count). The monoisotopic (exact) mass is 246 g/mol. The number of hydrogen-bond donors (Lipinski definition) is 3. The minimum atomic E-state index is -0.375. The van der Waals surface area contributed by atoms with E-state index in [0.29, 0.717) is 17.9 Å². The number of hydrogen-bond acceptors (Lipinski definition) is 4. The summed E-state index contributed by atoms with van der Waals surface area (Å²) in [5, 5.41) is 18.5. The Balaban J connectivity index is 2.16. The molecule has 1 heterocycles. The largest absolute Gasteiger partial charge is 0.508 e. The number of aromatic hydroxyl groups is 1. The second-order valence-electron chi connectivity index (χ2n) is 3.91. The quantitative estimate of drug-likeness (QED) is 0.718. The number of nitrogens with one attached hydrogen (secondary N) is 2. The molecule has 2 aromatic rings. The summed E-state index contributed by atoms with van der Waals surface area (Å²) in [6, 6.07) is 4.72. The van der Waals surface area contributed by atoms with E-state index < -0.39 is 0 Å². The lowest BCUT2D eigenvalue weighted by Crippen LogP contribution is -2.14. The number of aryl methyl sites for hydroxylation is 2. The standard InChI is InChI=1S/C12H14N4O2/c1-3-10-14-11(16-15-10)12(18)13-9-5-4-8(17)6-7(9)2/h4-6,17H,3H2,1-2H3,(H,13,18)(H,14,15,16). The molecule has 0 fully saturated rings. The molecule has 0 saturated carbocycles. The third-order valence-corrected chi connectivity index (χ3v) is 2.53. The molecule has 1 aromatic heterocycles. The first-order chi connectivity index (χ1) is 8.60. The Kier molecular flexibility index (Phi) is 3.27. The molecule has 0 aliphatic rings. The number of carbonyl (C=O) groups excluding carboxylic acids is 1. The molecule has 0 bridgehead atoms. The summed E-state index contributed by atoms with van der Waals surface area (Å²) in [5.74, 6) is 0.568. The van der Waals surface area contributed by atoms with Gasteiger partial charge >= 0.3 is 0 Å². The Morgan fingerprint density at radius 1 is 1.50 bits per heavy atom. The minimum absolute atomic E-state index is 0.110. The van der Waals surface area contributed by atoms with Crippen molar-refractivity contribution in [3.63, 3.8) is 0 Å². The average Bonchev–Trinajstić information content (AvgIpc) is 2.81. The normalized spacial score (nSPS) is 10.3. The number of benzene rings is 1. The molecule has 0 spiro atoms. The maximum atomic E-state index is 11.9. The number of nitrogens with zero attached hydrogens (tertiary/aromatic N) is 2. The first-order valence-corrected chi connectivity index (χ1v) is 5.62. The molecule has 6 nitrogen and oxygen atoms in total. The van der Waals surface area contributed by atoms with Crippen molar-refractivity contribution in [2.24, 2.45) is 0 Å². The van der Waals surface area contributed by atoms with Crippen LogP contribution in [0.4, 0.5) is 5.69 Å². The zero-order valence-corrected chi connectivity index (χ0v) is 10.2. The number of amides is 1. The molecule has 18 heavy (non-hydrogen) atoms. The molecule has 94 valence electrons. The molecule has 0 unspecified atom stereocenters. The van der Waals surface area contributed by atoms with Crippen LogP contribution in [0.3, 0.4) is 0 Å². The second kappa shape index (κ2) is 4.87. The van der Waals surface area contributed by atoms with Gasteiger partial charge < -0.3 is 10.4 Å². The molecule has 0 atom stereocenters. The number of aromatic amines is 1. The number of carbonyl (C=O) groups is 1. The molecule has 0 radical (unpaired) electrons. The van der Waals surface area contributed by atoms with E-state index in [0.717, 1.165) is 5.56 Å². The number of aromatic nitrogens is 3. The third-order valence-electron chi connectivity index (χ3n) is 2.53. The van der Waals surface area contributed by atoms with Crippen LogP contribution in [0, 0.1) is 6.92 Å². The summed E-state index contributed by atoms with van der Waals surface area (Å²) in [6.07, 6.45) is 0.693. The molecular weight excluding hydrogens is 232 g/mol.